The van der Waals surface area contributed by atoms with Gasteiger partial charge in [0.05, 0.1) is 23.0 Å². The van der Waals surface area contributed by atoms with Crippen LogP contribution in [0.15, 0.2) is 42.7 Å². The van der Waals surface area contributed by atoms with Gasteiger partial charge in [0.2, 0.25) is 5.91 Å². The summed E-state index contributed by atoms with van der Waals surface area (Å²) in [4.78, 5) is 32.0. The second kappa shape index (κ2) is 9.90. The predicted octanol–water partition coefficient (Wildman–Crippen LogP) is 2.71. The molecule has 2 aliphatic rings. The lowest BCUT2D eigenvalue weighted by molar-refractivity contribution is 0.0484. The highest BCUT2D eigenvalue weighted by Gasteiger charge is 2.28. The maximum Gasteiger partial charge on any atom is 0.269 e. The molecule has 3 unspecified atom stereocenters. The molecule has 0 radical (unpaired) electrons. The maximum absolute atomic E-state index is 14.8. The Kier molecular flexibility index (Phi) is 6.49. The number of nitrogens with zero attached hydrogens (tertiary/aromatic N) is 2. The molecule has 5 rings (SSSR count). The number of hydrogen-bond donors (Lipinski definition) is 5. The molecule has 1 aromatic carbocycles. The van der Waals surface area contributed by atoms with Gasteiger partial charge in [-0.1, -0.05) is 12.8 Å². The van der Waals surface area contributed by atoms with Crippen LogP contribution in [-0.4, -0.2) is 33.9 Å². The Bertz CT molecular complexity index is 1370. The van der Waals surface area contributed by atoms with Gasteiger partial charge < -0.3 is 37.3 Å². The summed E-state index contributed by atoms with van der Waals surface area (Å²) in [5, 5.41) is 6.07. The fourth-order valence-electron chi connectivity index (χ4n) is 4.42. The lowest BCUT2D eigenvalue weighted by Gasteiger charge is -2.30. The zero-order valence-corrected chi connectivity index (χ0v) is 19.7. The zero-order valence-electron chi connectivity index (χ0n) is 19.7. The second-order valence-corrected chi connectivity index (χ2v) is 9.00. The minimum absolute atomic E-state index is 0.0258. The van der Waals surface area contributed by atoms with Gasteiger partial charge in [0.25, 0.3) is 12.2 Å². The third kappa shape index (κ3) is 5.09. The summed E-state index contributed by atoms with van der Waals surface area (Å²) in [7, 11) is 0. The number of benzene rings is 1. The minimum atomic E-state index is -0.845. The van der Waals surface area contributed by atoms with E-state index in [-0.39, 0.29) is 34.8 Å². The number of anilines is 3. The largest absolute Gasteiger partial charge is 0.447 e. The number of nitrogens with two attached hydrogens (primary N) is 3. The number of amides is 2. The number of nitrogens with one attached hydrogen (secondary N) is 2. The summed E-state index contributed by atoms with van der Waals surface area (Å²) in [6, 6.07) is 7.10. The molecule has 1 aliphatic heterocycles. The molecule has 3 heterocycles. The fraction of sp³-hybridized carbons (Fsp3) is 0.280. The van der Waals surface area contributed by atoms with Crippen molar-refractivity contribution in [3.63, 3.8) is 0 Å². The third-order valence-electron chi connectivity index (χ3n) is 6.37. The van der Waals surface area contributed by atoms with E-state index in [2.05, 4.69) is 20.6 Å². The van der Waals surface area contributed by atoms with Gasteiger partial charge in [-0.2, -0.15) is 0 Å². The van der Waals surface area contributed by atoms with Crippen LogP contribution < -0.4 is 37.3 Å². The van der Waals surface area contributed by atoms with Crippen molar-refractivity contribution in [3.8, 4) is 11.5 Å². The van der Waals surface area contributed by atoms with E-state index in [1.165, 1.54) is 12.3 Å². The smallest absolute Gasteiger partial charge is 0.269 e. The molecule has 0 bridgehead atoms. The molecule has 11 nitrogen and oxygen atoms in total. The summed E-state index contributed by atoms with van der Waals surface area (Å²) in [5.74, 6) is -1.29. The van der Waals surface area contributed by atoms with Crippen molar-refractivity contribution in [2.45, 2.75) is 44.1 Å². The van der Waals surface area contributed by atoms with E-state index < -0.39 is 23.9 Å². The zero-order chi connectivity index (χ0) is 26.1. The number of ether oxygens (including phenoxy) is 2. The van der Waals surface area contributed by atoms with E-state index in [0.717, 1.165) is 31.7 Å². The van der Waals surface area contributed by atoms with Crippen molar-refractivity contribution in [1.29, 1.82) is 0 Å². The molecule has 1 fully saturated rings. The van der Waals surface area contributed by atoms with Gasteiger partial charge in [0.1, 0.15) is 5.82 Å². The number of pyridine rings is 2. The summed E-state index contributed by atoms with van der Waals surface area (Å²) >= 11 is 0. The van der Waals surface area contributed by atoms with Crippen molar-refractivity contribution in [1.82, 2.24) is 9.97 Å². The first-order chi connectivity index (χ1) is 17.8. The van der Waals surface area contributed by atoms with E-state index in [1.54, 1.807) is 24.4 Å². The Morgan fingerprint density at radius 1 is 0.973 bits per heavy atom. The van der Waals surface area contributed by atoms with Gasteiger partial charge >= 0.3 is 0 Å². The SMILES string of the molecule is NC(=O)c1ccc2c(c1)OC(c1cncc(Nc3nc(NC4CCCCC4N)c(F)cc3C(N)=O)c1)O2. The van der Waals surface area contributed by atoms with E-state index in [9.17, 15) is 14.0 Å². The van der Waals surface area contributed by atoms with E-state index in [0.29, 0.717) is 22.7 Å². The average molecular weight is 508 g/mol. The second-order valence-electron chi connectivity index (χ2n) is 9.00. The maximum atomic E-state index is 14.8. The summed E-state index contributed by atoms with van der Waals surface area (Å²) in [6.45, 7) is 0. The quantitative estimate of drug-likeness (QED) is 0.321. The summed E-state index contributed by atoms with van der Waals surface area (Å²) < 4.78 is 26.5. The van der Waals surface area contributed by atoms with E-state index >= 15 is 0 Å². The van der Waals surface area contributed by atoms with Crippen LogP contribution in [0.1, 0.15) is 58.3 Å². The molecule has 3 aromatic rings. The minimum Gasteiger partial charge on any atom is -0.447 e. The van der Waals surface area contributed by atoms with Crippen LogP contribution in [0.5, 0.6) is 11.5 Å². The lowest BCUT2D eigenvalue weighted by Crippen LogP contribution is -2.43. The number of fused-ring (bicyclic) bond motifs is 1. The van der Waals surface area contributed by atoms with E-state index in [4.69, 9.17) is 26.7 Å². The van der Waals surface area contributed by atoms with Crippen molar-refractivity contribution in [3.05, 3.63) is 65.2 Å². The highest BCUT2D eigenvalue weighted by Crippen LogP contribution is 2.41. The predicted molar refractivity (Wildman–Crippen MR) is 133 cm³/mol. The molecule has 2 aromatic heterocycles. The number of rotatable bonds is 7. The molecule has 8 N–H and O–H groups in total. The van der Waals surface area contributed by atoms with Crippen LogP contribution in [-0.2, 0) is 0 Å². The standard InChI is InChI=1S/C25H26FN7O4/c26-16-9-15(22(29)35)23(33-24(16)32-18-4-2-1-3-17(18)27)31-14-7-13(10-30-11-14)25-36-19-6-5-12(21(28)34)8-20(19)37-25/h5-11,17-18,25H,1-4,27H2,(H2,28,34)(H2,29,35)(H2,31,32,33). The highest BCUT2D eigenvalue weighted by molar-refractivity contribution is 5.98. The van der Waals surface area contributed by atoms with Crippen molar-refractivity contribution in [2.75, 3.05) is 10.6 Å². The average Bonchev–Trinajstić information content (AvgIpc) is 3.31. The first-order valence-electron chi connectivity index (χ1n) is 11.8. The number of halogens is 1. The number of aromatic nitrogens is 2. The van der Waals surface area contributed by atoms with Crippen molar-refractivity contribution in [2.24, 2.45) is 17.2 Å². The number of carbonyl (C=O) groups excluding carboxylic acids is 2. The monoisotopic (exact) mass is 507 g/mol. The number of hydrogen-bond acceptors (Lipinski definition) is 9. The molecule has 12 heteroatoms. The Morgan fingerprint density at radius 2 is 1.76 bits per heavy atom. The molecule has 37 heavy (non-hydrogen) atoms. The van der Waals surface area contributed by atoms with Gasteiger partial charge in [0, 0.05) is 23.8 Å². The Hall–Kier alpha value is -4.45. The molecule has 3 atom stereocenters. The van der Waals surface area contributed by atoms with Crippen molar-refractivity contribution >= 4 is 29.1 Å². The van der Waals surface area contributed by atoms with Crippen LogP contribution in [0.2, 0.25) is 0 Å². The van der Waals surface area contributed by atoms with Crippen LogP contribution in [0, 0.1) is 5.82 Å². The van der Waals surface area contributed by atoms with Gasteiger partial charge in [-0.05, 0) is 43.2 Å². The Balaban J connectivity index is 1.39. The van der Waals surface area contributed by atoms with Crippen molar-refractivity contribution < 1.29 is 23.5 Å². The Labute approximate surface area is 211 Å². The topological polar surface area (TPSA) is 180 Å². The Morgan fingerprint density at radius 3 is 2.51 bits per heavy atom. The van der Waals surface area contributed by atoms with Crippen LogP contribution in [0.3, 0.4) is 0 Å². The molecule has 1 saturated carbocycles. The summed E-state index contributed by atoms with van der Waals surface area (Å²) in [6.07, 6.45) is 5.83. The van der Waals surface area contributed by atoms with Crippen LogP contribution in [0.25, 0.3) is 0 Å². The lowest BCUT2D eigenvalue weighted by atomic mass is 9.91. The van der Waals surface area contributed by atoms with Crippen LogP contribution >= 0.6 is 0 Å². The van der Waals surface area contributed by atoms with E-state index in [1.807, 2.05) is 0 Å². The summed E-state index contributed by atoms with van der Waals surface area (Å²) in [5.41, 5.74) is 18.1. The molecular formula is C25H26FN7O4. The molecule has 0 spiro atoms. The molecule has 192 valence electrons. The molecule has 0 saturated heterocycles. The number of carbonyl (C=O) groups is 2. The molecular weight excluding hydrogens is 481 g/mol. The molecule has 1 aliphatic carbocycles. The van der Waals surface area contributed by atoms with Gasteiger partial charge in [-0.15, -0.1) is 0 Å². The van der Waals surface area contributed by atoms with Gasteiger partial charge in [-0.3, -0.25) is 14.6 Å². The highest BCUT2D eigenvalue weighted by atomic mass is 19.1. The first-order valence-corrected chi connectivity index (χ1v) is 11.8. The van der Waals surface area contributed by atoms with Gasteiger partial charge in [-0.25, -0.2) is 9.37 Å². The fourth-order valence-corrected chi connectivity index (χ4v) is 4.42. The van der Waals surface area contributed by atoms with Crippen LogP contribution in [0.4, 0.5) is 21.7 Å². The number of primary amides is 2. The normalized spacial score (nSPS) is 20.3. The third-order valence-corrected chi connectivity index (χ3v) is 6.37. The van der Waals surface area contributed by atoms with Gasteiger partial charge in [0.15, 0.2) is 23.1 Å². The first kappa shape index (κ1) is 24.3. The molecule has 2 amide bonds.